The standard InChI is InChI=1S/C18H18ClF3N2O2/c1-11-3-6-16(26-2)15(9-11)23-8-7-17(25)24-12-4-5-14(19)13(10-12)18(20,21)22/h3-6,9-10,23H,7-8H2,1-2H3,(H,24,25). The van der Waals surface area contributed by atoms with Crippen molar-refractivity contribution in [2.75, 3.05) is 24.3 Å². The minimum absolute atomic E-state index is 0.0415. The van der Waals surface area contributed by atoms with Gasteiger partial charge in [0.25, 0.3) is 0 Å². The molecular weight excluding hydrogens is 369 g/mol. The summed E-state index contributed by atoms with van der Waals surface area (Å²) in [7, 11) is 1.54. The van der Waals surface area contributed by atoms with Crippen LogP contribution in [0.5, 0.6) is 5.75 Å². The van der Waals surface area contributed by atoms with Gasteiger partial charge < -0.3 is 15.4 Å². The van der Waals surface area contributed by atoms with Gasteiger partial charge in [-0.05, 0) is 42.8 Å². The zero-order valence-electron chi connectivity index (χ0n) is 14.2. The van der Waals surface area contributed by atoms with Gasteiger partial charge in [0.2, 0.25) is 5.91 Å². The lowest BCUT2D eigenvalue weighted by Gasteiger charge is -2.13. The number of hydrogen-bond donors (Lipinski definition) is 2. The molecular formula is C18H18ClF3N2O2. The number of aryl methyl sites for hydroxylation is 1. The Hall–Kier alpha value is -2.41. The molecule has 2 aromatic rings. The van der Waals surface area contributed by atoms with Crippen molar-refractivity contribution in [3.63, 3.8) is 0 Å². The lowest BCUT2D eigenvalue weighted by atomic mass is 10.2. The molecule has 0 spiro atoms. The van der Waals surface area contributed by atoms with Crippen LogP contribution in [0.2, 0.25) is 5.02 Å². The number of hydrogen-bond acceptors (Lipinski definition) is 3. The van der Waals surface area contributed by atoms with Crippen LogP contribution in [0.1, 0.15) is 17.5 Å². The summed E-state index contributed by atoms with van der Waals surface area (Å²) in [6.07, 6.45) is -4.51. The highest BCUT2D eigenvalue weighted by Crippen LogP contribution is 2.36. The zero-order valence-corrected chi connectivity index (χ0v) is 15.0. The van der Waals surface area contributed by atoms with Crippen LogP contribution < -0.4 is 15.4 Å². The molecule has 0 aliphatic carbocycles. The average molecular weight is 387 g/mol. The van der Waals surface area contributed by atoms with Gasteiger partial charge in [0.05, 0.1) is 23.4 Å². The van der Waals surface area contributed by atoms with E-state index in [1.165, 1.54) is 6.07 Å². The van der Waals surface area contributed by atoms with E-state index >= 15 is 0 Å². The Kier molecular flexibility index (Phi) is 6.37. The van der Waals surface area contributed by atoms with Gasteiger partial charge in [-0.2, -0.15) is 13.2 Å². The molecule has 0 bridgehead atoms. The number of benzene rings is 2. The smallest absolute Gasteiger partial charge is 0.417 e. The second-order valence-corrected chi connectivity index (χ2v) is 6.03. The molecule has 0 saturated carbocycles. The van der Waals surface area contributed by atoms with Crippen molar-refractivity contribution < 1.29 is 22.7 Å². The van der Waals surface area contributed by atoms with Crippen LogP contribution in [-0.4, -0.2) is 19.6 Å². The number of amides is 1. The summed E-state index contributed by atoms with van der Waals surface area (Å²) in [5, 5.41) is 5.11. The van der Waals surface area contributed by atoms with Crippen molar-refractivity contribution in [3.05, 3.63) is 52.5 Å². The largest absolute Gasteiger partial charge is 0.495 e. The van der Waals surface area contributed by atoms with Gasteiger partial charge in [-0.3, -0.25) is 4.79 Å². The number of halogens is 4. The maximum Gasteiger partial charge on any atom is 0.417 e. The van der Waals surface area contributed by atoms with Crippen molar-refractivity contribution in [1.82, 2.24) is 0 Å². The van der Waals surface area contributed by atoms with Gasteiger partial charge in [-0.15, -0.1) is 0 Å². The summed E-state index contributed by atoms with van der Waals surface area (Å²) in [4.78, 5) is 12.0. The van der Waals surface area contributed by atoms with Gasteiger partial charge >= 0.3 is 6.18 Å². The Morgan fingerprint density at radius 1 is 1.19 bits per heavy atom. The molecule has 8 heteroatoms. The lowest BCUT2D eigenvalue weighted by Crippen LogP contribution is -2.17. The first kappa shape index (κ1) is 19.9. The van der Waals surface area contributed by atoms with Crippen molar-refractivity contribution in [2.45, 2.75) is 19.5 Å². The van der Waals surface area contributed by atoms with Crippen LogP contribution >= 0.6 is 11.6 Å². The highest BCUT2D eigenvalue weighted by Gasteiger charge is 2.33. The first-order chi connectivity index (χ1) is 12.2. The molecule has 0 atom stereocenters. The van der Waals surface area contributed by atoms with Gasteiger partial charge in [-0.25, -0.2) is 0 Å². The highest BCUT2D eigenvalue weighted by molar-refractivity contribution is 6.31. The Labute approximate surface area is 154 Å². The van der Waals surface area contributed by atoms with E-state index in [-0.39, 0.29) is 12.1 Å². The van der Waals surface area contributed by atoms with Crippen LogP contribution in [0, 0.1) is 6.92 Å². The molecule has 0 aliphatic rings. The molecule has 0 heterocycles. The molecule has 0 saturated heterocycles. The van der Waals surface area contributed by atoms with Crippen molar-refractivity contribution in [1.29, 1.82) is 0 Å². The molecule has 1 amide bonds. The van der Waals surface area contributed by atoms with Crippen LogP contribution in [0.25, 0.3) is 0 Å². The van der Waals surface area contributed by atoms with Crippen molar-refractivity contribution in [3.8, 4) is 5.75 Å². The normalized spacial score (nSPS) is 11.2. The lowest BCUT2D eigenvalue weighted by molar-refractivity contribution is -0.137. The number of carbonyl (C=O) groups is 1. The summed E-state index contributed by atoms with van der Waals surface area (Å²) in [6, 6.07) is 8.84. The maximum atomic E-state index is 12.8. The van der Waals surface area contributed by atoms with Gasteiger partial charge in [0.1, 0.15) is 5.75 Å². The molecule has 4 nitrogen and oxygen atoms in total. The van der Waals surface area contributed by atoms with E-state index in [1.807, 2.05) is 25.1 Å². The molecule has 140 valence electrons. The highest BCUT2D eigenvalue weighted by atomic mass is 35.5. The first-order valence-corrected chi connectivity index (χ1v) is 8.13. The summed E-state index contributed by atoms with van der Waals surface area (Å²) in [5.41, 5.74) is 0.823. The molecule has 2 aromatic carbocycles. The average Bonchev–Trinajstić information content (AvgIpc) is 2.56. The minimum atomic E-state index is -4.58. The monoisotopic (exact) mass is 386 g/mol. The number of ether oxygens (including phenoxy) is 1. The second-order valence-electron chi connectivity index (χ2n) is 5.62. The molecule has 2 N–H and O–H groups in total. The predicted octanol–water partition coefficient (Wildman–Crippen LogP) is 5.12. The Morgan fingerprint density at radius 2 is 1.92 bits per heavy atom. The van der Waals surface area contributed by atoms with Crippen LogP contribution in [0.4, 0.5) is 24.5 Å². The third kappa shape index (κ3) is 5.29. The number of methoxy groups -OCH3 is 1. The zero-order chi connectivity index (χ0) is 19.3. The summed E-state index contributed by atoms with van der Waals surface area (Å²) >= 11 is 5.56. The van der Waals surface area contributed by atoms with Gasteiger partial charge in [0, 0.05) is 18.7 Å². The SMILES string of the molecule is COc1ccc(C)cc1NCCC(=O)Nc1ccc(Cl)c(C(F)(F)F)c1. The third-order valence-corrected chi connectivity index (χ3v) is 3.91. The van der Waals surface area contributed by atoms with E-state index < -0.39 is 22.7 Å². The van der Waals surface area contributed by atoms with E-state index in [9.17, 15) is 18.0 Å². The van der Waals surface area contributed by atoms with E-state index in [0.717, 1.165) is 23.4 Å². The maximum absolute atomic E-state index is 12.8. The van der Waals surface area contributed by atoms with Gasteiger partial charge in [0.15, 0.2) is 0 Å². The second kappa shape index (κ2) is 8.31. The topological polar surface area (TPSA) is 50.4 Å². The number of alkyl halides is 3. The first-order valence-electron chi connectivity index (χ1n) is 7.76. The Balaban J connectivity index is 1.95. The fourth-order valence-electron chi connectivity index (χ4n) is 2.31. The number of anilines is 2. The Morgan fingerprint density at radius 3 is 2.58 bits per heavy atom. The quantitative estimate of drug-likeness (QED) is 0.724. The molecule has 0 aromatic heterocycles. The summed E-state index contributed by atoms with van der Waals surface area (Å²) < 4.78 is 43.8. The van der Waals surface area contributed by atoms with Crippen LogP contribution in [0.3, 0.4) is 0 Å². The number of carbonyl (C=O) groups excluding carboxylic acids is 1. The molecule has 2 rings (SSSR count). The molecule has 0 aliphatic heterocycles. The van der Waals surface area contributed by atoms with Crippen LogP contribution in [0.15, 0.2) is 36.4 Å². The summed E-state index contributed by atoms with van der Waals surface area (Å²) in [6.45, 7) is 2.22. The van der Waals surface area contributed by atoms with Crippen LogP contribution in [-0.2, 0) is 11.0 Å². The molecule has 0 unspecified atom stereocenters. The van der Waals surface area contributed by atoms with Crippen molar-refractivity contribution >= 4 is 28.9 Å². The Bertz CT molecular complexity index is 794. The number of rotatable bonds is 6. The summed E-state index contributed by atoms with van der Waals surface area (Å²) in [5.74, 6) is 0.225. The predicted molar refractivity (Wildman–Crippen MR) is 95.9 cm³/mol. The minimum Gasteiger partial charge on any atom is -0.495 e. The van der Waals surface area contributed by atoms with E-state index in [1.54, 1.807) is 7.11 Å². The number of nitrogens with one attached hydrogen (secondary N) is 2. The van der Waals surface area contributed by atoms with Gasteiger partial charge in [-0.1, -0.05) is 17.7 Å². The van der Waals surface area contributed by atoms with E-state index in [0.29, 0.717) is 12.3 Å². The van der Waals surface area contributed by atoms with Crippen molar-refractivity contribution in [2.24, 2.45) is 0 Å². The molecule has 0 radical (unpaired) electrons. The fraction of sp³-hybridized carbons (Fsp3) is 0.278. The van der Waals surface area contributed by atoms with E-state index in [2.05, 4.69) is 10.6 Å². The third-order valence-electron chi connectivity index (χ3n) is 3.58. The van der Waals surface area contributed by atoms with E-state index in [4.69, 9.17) is 16.3 Å². The fourth-order valence-corrected chi connectivity index (χ4v) is 2.54. The molecule has 0 fully saturated rings. The molecule has 26 heavy (non-hydrogen) atoms.